The highest BCUT2D eigenvalue weighted by atomic mass is 19.4. The molecule has 0 aliphatic rings. The van der Waals surface area contributed by atoms with E-state index < -0.39 is 12.1 Å². The lowest BCUT2D eigenvalue weighted by Crippen LogP contribution is -2.15. The van der Waals surface area contributed by atoms with Crippen LogP contribution < -0.4 is 0 Å². The van der Waals surface area contributed by atoms with Gasteiger partial charge in [-0.2, -0.15) is 13.2 Å². The summed E-state index contributed by atoms with van der Waals surface area (Å²) in [6, 6.07) is 0. The van der Waals surface area contributed by atoms with Gasteiger partial charge in [-0.1, -0.05) is 27.7 Å². The van der Waals surface area contributed by atoms with Crippen molar-refractivity contribution >= 4 is 0 Å². The summed E-state index contributed by atoms with van der Waals surface area (Å²) >= 11 is 0. The molecule has 0 rings (SSSR count). The SMILES string of the molecule is CC.CC(C)C(F)(F)F. The first kappa shape index (κ1) is 11.6. The number of hydrogen-bond donors (Lipinski definition) is 0. The molecular formula is C6H13F3. The Morgan fingerprint density at radius 1 is 1.00 bits per heavy atom. The molecule has 9 heavy (non-hydrogen) atoms. The van der Waals surface area contributed by atoms with E-state index in [4.69, 9.17) is 0 Å². The fourth-order valence-corrected chi connectivity index (χ4v) is 0. The number of rotatable bonds is 0. The molecule has 0 aromatic rings. The van der Waals surface area contributed by atoms with E-state index in [9.17, 15) is 13.2 Å². The lowest BCUT2D eigenvalue weighted by molar-refractivity contribution is -0.164. The molecule has 0 fully saturated rings. The van der Waals surface area contributed by atoms with Crippen LogP contribution in [0.15, 0.2) is 0 Å². The first-order chi connectivity index (χ1) is 3.94. The van der Waals surface area contributed by atoms with Gasteiger partial charge in [-0.25, -0.2) is 0 Å². The second-order valence-electron chi connectivity index (χ2n) is 1.70. The zero-order valence-electron chi connectivity index (χ0n) is 6.21. The minimum absolute atomic E-state index is 1.12. The summed E-state index contributed by atoms with van der Waals surface area (Å²) in [6.45, 7) is 6.25. The van der Waals surface area contributed by atoms with Crippen molar-refractivity contribution < 1.29 is 13.2 Å². The van der Waals surface area contributed by atoms with Crippen molar-refractivity contribution in [1.82, 2.24) is 0 Å². The third-order valence-corrected chi connectivity index (χ3v) is 0.655. The van der Waals surface area contributed by atoms with Gasteiger partial charge in [0.2, 0.25) is 0 Å². The van der Waals surface area contributed by atoms with Gasteiger partial charge in [0.1, 0.15) is 0 Å². The van der Waals surface area contributed by atoms with Gasteiger partial charge in [0.15, 0.2) is 0 Å². The zero-order valence-corrected chi connectivity index (χ0v) is 6.21. The molecule has 0 aliphatic carbocycles. The molecule has 3 heteroatoms. The summed E-state index contributed by atoms with van der Waals surface area (Å²) in [5.74, 6) is -1.20. The first-order valence-corrected chi connectivity index (χ1v) is 3.01. The Labute approximate surface area is 54.1 Å². The van der Waals surface area contributed by atoms with Gasteiger partial charge in [0.05, 0.1) is 0 Å². The topological polar surface area (TPSA) is 0 Å². The second-order valence-corrected chi connectivity index (χ2v) is 1.70. The first-order valence-electron chi connectivity index (χ1n) is 3.01. The predicted octanol–water partition coefficient (Wildman–Crippen LogP) is 3.23. The molecule has 0 aliphatic heterocycles. The zero-order chi connectivity index (χ0) is 8.08. The van der Waals surface area contributed by atoms with Gasteiger partial charge in [-0.05, 0) is 0 Å². The summed E-state index contributed by atoms with van der Waals surface area (Å²) in [5.41, 5.74) is 0. The Kier molecular flexibility index (Phi) is 5.98. The van der Waals surface area contributed by atoms with Crippen molar-refractivity contribution in [2.24, 2.45) is 5.92 Å². The molecule has 0 heterocycles. The van der Waals surface area contributed by atoms with Crippen LogP contribution in [0.5, 0.6) is 0 Å². The summed E-state index contributed by atoms with van der Waals surface area (Å²) in [5, 5.41) is 0. The number of halogens is 3. The molecule has 0 saturated carbocycles. The highest BCUT2D eigenvalue weighted by Gasteiger charge is 2.31. The van der Waals surface area contributed by atoms with E-state index in [0.29, 0.717) is 0 Å². The van der Waals surface area contributed by atoms with Crippen molar-refractivity contribution in [2.75, 3.05) is 0 Å². The molecule has 0 aromatic heterocycles. The fraction of sp³-hybridized carbons (Fsp3) is 1.00. The van der Waals surface area contributed by atoms with Crippen LogP contribution in [0.1, 0.15) is 27.7 Å². The molecule has 58 valence electrons. The maximum atomic E-state index is 11.2. The Balaban J connectivity index is 0. The lowest BCUT2D eigenvalue weighted by atomic mass is 10.2. The van der Waals surface area contributed by atoms with Crippen LogP contribution in [0.4, 0.5) is 13.2 Å². The van der Waals surface area contributed by atoms with Crippen LogP contribution in [-0.4, -0.2) is 6.18 Å². The van der Waals surface area contributed by atoms with E-state index in [2.05, 4.69) is 0 Å². The average molecular weight is 142 g/mol. The molecule has 0 amide bonds. The van der Waals surface area contributed by atoms with E-state index in [0.717, 1.165) is 13.8 Å². The molecule has 0 unspecified atom stereocenters. The maximum Gasteiger partial charge on any atom is 0.391 e. The normalized spacial score (nSPS) is 10.7. The van der Waals surface area contributed by atoms with Crippen molar-refractivity contribution in [2.45, 2.75) is 33.9 Å². The van der Waals surface area contributed by atoms with Crippen LogP contribution in [0, 0.1) is 5.92 Å². The van der Waals surface area contributed by atoms with Gasteiger partial charge in [-0.15, -0.1) is 0 Å². The van der Waals surface area contributed by atoms with Crippen LogP contribution in [0.2, 0.25) is 0 Å². The summed E-state index contributed by atoms with van der Waals surface area (Å²) in [6.07, 6.45) is -4.00. The van der Waals surface area contributed by atoms with Crippen molar-refractivity contribution in [1.29, 1.82) is 0 Å². The van der Waals surface area contributed by atoms with Gasteiger partial charge in [0.25, 0.3) is 0 Å². The molecular weight excluding hydrogens is 129 g/mol. The van der Waals surface area contributed by atoms with E-state index in [1.807, 2.05) is 13.8 Å². The van der Waals surface area contributed by atoms with Gasteiger partial charge >= 0.3 is 6.18 Å². The van der Waals surface area contributed by atoms with E-state index in [1.54, 1.807) is 0 Å². The molecule has 0 aromatic carbocycles. The fourth-order valence-electron chi connectivity index (χ4n) is 0. The van der Waals surface area contributed by atoms with E-state index >= 15 is 0 Å². The Morgan fingerprint density at radius 2 is 1.11 bits per heavy atom. The largest absolute Gasteiger partial charge is 0.391 e. The third-order valence-electron chi connectivity index (χ3n) is 0.655. The summed E-state index contributed by atoms with van der Waals surface area (Å²) in [4.78, 5) is 0. The van der Waals surface area contributed by atoms with Crippen LogP contribution in [0.25, 0.3) is 0 Å². The van der Waals surface area contributed by atoms with Gasteiger partial charge < -0.3 is 0 Å². The van der Waals surface area contributed by atoms with Crippen LogP contribution in [0.3, 0.4) is 0 Å². The predicted molar refractivity (Wildman–Crippen MR) is 32.2 cm³/mol. The van der Waals surface area contributed by atoms with Crippen molar-refractivity contribution in [3.05, 3.63) is 0 Å². The van der Waals surface area contributed by atoms with Gasteiger partial charge in [0, 0.05) is 5.92 Å². The molecule has 0 spiro atoms. The van der Waals surface area contributed by atoms with Crippen molar-refractivity contribution in [3.8, 4) is 0 Å². The average Bonchev–Trinajstić information content (AvgIpc) is 1.69. The molecule has 0 radical (unpaired) electrons. The van der Waals surface area contributed by atoms with Crippen molar-refractivity contribution in [3.63, 3.8) is 0 Å². The van der Waals surface area contributed by atoms with Crippen LogP contribution >= 0.6 is 0 Å². The summed E-state index contributed by atoms with van der Waals surface area (Å²) in [7, 11) is 0. The Hall–Kier alpha value is -0.210. The summed E-state index contributed by atoms with van der Waals surface area (Å²) < 4.78 is 33.5. The molecule has 0 saturated heterocycles. The quantitative estimate of drug-likeness (QED) is 0.487. The molecule has 0 nitrogen and oxygen atoms in total. The van der Waals surface area contributed by atoms with E-state index in [-0.39, 0.29) is 0 Å². The highest BCUT2D eigenvalue weighted by Crippen LogP contribution is 2.24. The minimum atomic E-state index is -4.00. The number of hydrogen-bond acceptors (Lipinski definition) is 0. The third kappa shape index (κ3) is 7.79. The standard InChI is InChI=1S/C4H7F3.C2H6/c1-3(2)4(5,6)7;1-2/h3H,1-2H3;1-2H3. The molecule has 0 atom stereocenters. The smallest absolute Gasteiger partial charge is 0.171 e. The van der Waals surface area contributed by atoms with Crippen LogP contribution in [-0.2, 0) is 0 Å². The lowest BCUT2D eigenvalue weighted by Gasteiger charge is -2.07. The highest BCUT2D eigenvalue weighted by molar-refractivity contribution is 4.52. The maximum absolute atomic E-state index is 11.2. The Morgan fingerprint density at radius 3 is 1.11 bits per heavy atom. The monoisotopic (exact) mass is 142 g/mol. The molecule has 0 bridgehead atoms. The Bertz CT molecular complexity index is 53.8. The van der Waals surface area contributed by atoms with Gasteiger partial charge in [-0.3, -0.25) is 0 Å². The minimum Gasteiger partial charge on any atom is -0.171 e. The second kappa shape index (κ2) is 4.65. The number of alkyl halides is 3. The molecule has 0 N–H and O–H groups in total. The van der Waals surface area contributed by atoms with E-state index in [1.165, 1.54) is 0 Å².